The third-order valence-electron chi connectivity index (χ3n) is 3.77. The van der Waals surface area contributed by atoms with E-state index in [4.69, 9.17) is 10.7 Å². The zero-order valence-corrected chi connectivity index (χ0v) is 13.0. The number of nitrogens with zero attached hydrogens (tertiary/aromatic N) is 3. The number of piperidine rings is 1. The molecule has 1 aromatic heterocycles. The molecule has 0 amide bonds. The number of benzene rings is 1. The van der Waals surface area contributed by atoms with E-state index in [0.717, 1.165) is 43.1 Å². The smallest absolute Gasteiger partial charge is 0.225 e. The minimum atomic E-state index is 0.229. The van der Waals surface area contributed by atoms with E-state index in [9.17, 15) is 0 Å². The molecule has 3 rings (SSSR count). The Kier molecular flexibility index (Phi) is 4.41. The molecule has 1 aliphatic rings. The van der Waals surface area contributed by atoms with Crippen LogP contribution in [0.4, 0.5) is 5.95 Å². The minimum Gasteiger partial charge on any atom is -0.339 e. The van der Waals surface area contributed by atoms with Gasteiger partial charge in [-0.15, -0.1) is 11.8 Å². The standard InChI is InChI=1S/C16H20N4S/c1-21-14-6-4-12(5-7-14)15-8-9-18-16(19-15)20-10-2-3-13(17)11-20/h4-9,13H,2-3,10-11,17H2,1H3. The Morgan fingerprint density at radius 3 is 2.76 bits per heavy atom. The van der Waals surface area contributed by atoms with Crippen molar-refractivity contribution in [2.75, 3.05) is 24.2 Å². The van der Waals surface area contributed by atoms with Crippen LogP contribution in [0.5, 0.6) is 0 Å². The lowest BCUT2D eigenvalue weighted by Crippen LogP contribution is -2.43. The van der Waals surface area contributed by atoms with Gasteiger partial charge in [0.05, 0.1) is 5.69 Å². The maximum absolute atomic E-state index is 6.04. The van der Waals surface area contributed by atoms with Crippen LogP contribution in [0.3, 0.4) is 0 Å². The third-order valence-corrected chi connectivity index (χ3v) is 4.51. The molecule has 2 N–H and O–H groups in total. The first kappa shape index (κ1) is 14.4. The van der Waals surface area contributed by atoms with E-state index in [0.29, 0.717) is 0 Å². The van der Waals surface area contributed by atoms with Crippen LogP contribution in [-0.2, 0) is 0 Å². The first-order valence-corrected chi connectivity index (χ1v) is 8.47. The molecule has 2 heterocycles. The van der Waals surface area contributed by atoms with Crippen molar-refractivity contribution < 1.29 is 0 Å². The molecule has 1 saturated heterocycles. The molecular formula is C16H20N4S. The van der Waals surface area contributed by atoms with E-state index in [1.54, 1.807) is 11.8 Å². The molecule has 21 heavy (non-hydrogen) atoms. The van der Waals surface area contributed by atoms with E-state index in [1.165, 1.54) is 4.90 Å². The first-order chi connectivity index (χ1) is 10.3. The fourth-order valence-corrected chi connectivity index (χ4v) is 3.02. The SMILES string of the molecule is CSc1ccc(-c2ccnc(N3CCCC(N)C3)n2)cc1. The Morgan fingerprint density at radius 2 is 2.05 bits per heavy atom. The van der Waals surface area contributed by atoms with E-state index in [-0.39, 0.29) is 6.04 Å². The van der Waals surface area contributed by atoms with Gasteiger partial charge in [0.2, 0.25) is 5.95 Å². The fourth-order valence-electron chi connectivity index (χ4n) is 2.61. The average molecular weight is 300 g/mol. The van der Waals surface area contributed by atoms with Crippen LogP contribution in [0.25, 0.3) is 11.3 Å². The zero-order chi connectivity index (χ0) is 14.7. The van der Waals surface area contributed by atoms with Crippen molar-refractivity contribution >= 4 is 17.7 Å². The predicted molar refractivity (Wildman–Crippen MR) is 88.7 cm³/mol. The summed E-state index contributed by atoms with van der Waals surface area (Å²) < 4.78 is 0. The highest BCUT2D eigenvalue weighted by Gasteiger charge is 2.19. The normalized spacial score (nSPS) is 18.8. The summed E-state index contributed by atoms with van der Waals surface area (Å²) in [6, 6.07) is 10.7. The van der Waals surface area contributed by atoms with Gasteiger partial charge >= 0.3 is 0 Å². The van der Waals surface area contributed by atoms with E-state index < -0.39 is 0 Å². The third kappa shape index (κ3) is 3.36. The largest absolute Gasteiger partial charge is 0.339 e. The average Bonchev–Trinajstić information content (AvgIpc) is 2.55. The number of thioether (sulfide) groups is 1. The molecule has 4 nitrogen and oxygen atoms in total. The zero-order valence-electron chi connectivity index (χ0n) is 12.2. The van der Waals surface area contributed by atoms with Gasteiger partial charge < -0.3 is 10.6 Å². The quantitative estimate of drug-likeness (QED) is 0.883. The van der Waals surface area contributed by atoms with Crippen LogP contribution in [0.2, 0.25) is 0 Å². The highest BCUT2D eigenvalue weighted by molar-refractivity contribution is 7.98. The van der Waals surface area contributed by atoms with E-state index >= 15 is 0 Å². The highest BCUT2D eigenvalue weighted by atomic mass is 32.2. The molecule has 5 heteroatoms. The number of hydrogen-bond donors (Lipinski definition) is 1. The number of nitrogens with two attached hydrogens (primary N) is 1. The Bertz CT molecular complexity index is 599. The Labute approximate surface area is 129 Å². The van der Waals surface area contributed by atoms with Crippen LogP contribution in [0.1, 0.15) is 12.8 Å². The van der Waals surface area contributed by atoms with Gasteiger partial charge in [-0.05, 0) is 37.3 Å². The predicted octanol–water partition coefficient (Wildman–Crippen LogP) is 2.79. The van der Waals surface area contributed by atoms with Crippen LogP contribution < -0.4 is 10.6 Å². The number of rotatable bonds is 3. The minimum absolute atomic E-state index is 0.229. The summed E-state index contributed by atoms with van der Waals surface area (Å²) in [4.78, 5) is 12.6. The van der Waals surface area contributed by atoms with E-state index in [1.807, 2.05) is 12.3 Å². The second-order valence-corrected chi connectivity index (χ2v) is 6.20. The van der Waals surface area contributed by atoms with Crippen LogP contribution >= 0.6 is 11.8 Å². The first-order valence-electron chi connectivity index (χ1n) is 7.24. The van der Waals surface area contributed by atoms with Gasteiger partial charge in [-0.2, -0.15) is 0 Å². The van der Waals surface area contributed by atoms with Crippen molar-refractivity contribution in [1.29, 1.82) is 0 Å². The molecule has 0 radical (unpaired) electrons. The molecule has 1 atom stereocenters. The lowest BCUT2D eigenvalue weighted by atomic mass is 10.1. The topological polar surface area (TPSA) is 55.0 Å². The summed E-state index contributed by atoms with van der Waals surface area (Å²) >= 11 is 1.74. The Morgan fingerprint density at radius 1 is 1.24 bits per heavy atom. The van der Waals surface area contributed by atoms with Crippen molar-refractivity contribution in [3.05, 3.63) is 36.5 Å². The molecule has 1 aliphatic heterocycles. The lowest BCUT2D eigenvalue weighted by molar-refractivity contribution is 0.500. The molecule has 1 unspecified atom stereocenters. The molecule has 0 spiro atoms. The van der Waals surface area contributed by atoms with Gasteiger partial charge in [0.1, 0.15) is 0 Å². The van der Waals surface area contributed by atoms with Crippen LogP contribution in [-0.4, -0.2) is 35.4 Å². The molecule has 0 saturated carbocycles. The molecule has 0 aliphatic carbocycles. The summed E-state index contributed by atoms with van der Waals surface area (Å²) in [7, 11) is 0. The number of aromatic nitrogens is 2. The van der Waals surface area contributed by atoms with E-state index in [2.05, 4.69) is 40.4 Å². The molecular weight excluding hydrogens is 280 g/mol. The van der Waals surface area contributed by atoms with Gasteiger partial charge in [-0.1, -0.05) is 12.1 Å². The lowest BCUT2D eigenvalue weighted by Gasteiger charge is -2.30. The number of hydrogen-bond acceptors (Lipinski definition) is 5. The highest BCUT2D eigenvalue weighted by Crippen LogP contribution is 2.23. The Balaban J connectivity index is 1.85. The van der Waals surface area contributed by atoms with Gasteiger partial charge in [0.25, 0.3) is 0 Å². The van der Waals surface area contributed by atoms with Gasteiger partial charge in [0, 0.05) is 35.8 Å². The number of anilines is 1. The fraction of sp³-hybridized carbons (Fsp3) is 0.375. The summed E-state index contributed by atoms with van der Waals surface area (Å²) in [6.07, 6.45) is 6.11. The monoisotopic (exact) mass is 300 g/mol. The van der Waals surface area contributed by atoms with Crippen molar-refractivity contribution in [2.45, 2.75) is 23.8 Å². The summed E-state index contributed by atoms with van der Waals surface area (Å²) in [5.74, 6) is 0.789. The van der Waals surface area contributed by atoms with Gasteiger partial charge in [-0.3, -0.25) is 0 Å². The maximum Gasteiger partial charge on any atom is 0.225 e. The van der Waals surface area contributed by atoms with Crippen molar-refractivity contribution in [1.82, 2.24) is 9.97 Å². The second kappa shape index (κ2) is 6.45. The molecule has 2 aromatic rings. The summed E-state index contributed by atoms with van der Waals surface area (Å²) in [5, 5.41) is 0. The molecule has 1 aromatic carbocycles. The van der Waals surface area contributed by atoms with Gasteiger partial charge in [-0.25, -0.2) is 9.97 Å². The van der Waals surface area contributed by atoms with Crippen LogP contribution in [0.15, 0.2) is 41.4 Å². The van der Waals surface area contributed by atoms with Crippen LogP contribution in [0, 0.1) is 0 Å². The van der Waals surface area contributed by atoms with Crippen molar-refractivity contribution in [3.63, 3.8) is 0 Å². The maximum atomic E-state index is 6.04. The molecule has 1 fully saturated rings. The molecule has 110 valence electrons. The molecule has 0 bridgehead atoms. The van der Waals surface area contributed by atoms with Gasteiger partial charge in [0.15, 0.2) is 0 Å². The summed E-state index contributed by atoms with van der Waals surface area (Å²) in [6.45, 7) is 1.83. The Hall–Kier alpha value is -1.59. The second-order valence-electron chi connectivity index (χ2n) is 5.32. The van der Waals surface area contributed by atoms with Crippen molar-refractivity contribution in [2.24, 2.45) is 5.73 Å². The van der Waals surface area contributed by atoms with Crippen molar-refractivity contribution in [3.8, 4) is 11.3 Å². The summed E-state index contributed by atoms with van der Waals surface area (Å²) in [5.41, 5.74) is 8.13.